The molecule has 3 rings (SSSR count). The van der Waals surface area contributed by atoms with Gasteiger partial charge < -0.3 is 18.8 Å². The Labute approximate surface area is 147 Å². The van der Waals surface area contributed by atoms with Crippen LogP contribution in [0.1, 0.15) is 36.0 Å². The molecule has 0 radical (unpaired) electrons. The average Bonchev–Trinajstić information content (AvgIpc) is 2.90. The van der Waals surface area contributed by atoms with Gasteiger partial charge in [0.05, 0.1) is 12.1 Å². The minimum atomic E-state index is -0.453. The van der Waals surface area contributed by atoms with E-state index in [4.69, 9.17) is 13.9 Å². The predicted octanol–water partition coefficient (Wildman–Crippen LogP) is 2.99. The molecule has 6 nitrogen and oxygen atoms in total. The fourth-order valence-corrected chi connectivity index (χ4v) is 3.12. The van der Waals surface area contributed by atoms with Crippen molar-refractivity contribution in [1.82, 2.24) is 9.88 Å². The molecule has 0 aliphatic carbocycles. The highest BCUT2D eigenvalue weighted by Gasteiger charge is 2.37. The number of hydrogen-bond donors (Lipinski definition) is 0. The number of oxazole rings is 1. The third-order valence-electron chi connectivity index (χ3n) is 4.05. The first-order valence-electron chi connectivity index (χ1n) is 8.43. The number of nitrogens with zero attached hydrogens (tertiary/aromatic N) is 2. The Bertz CT molecular complexity index is 739. The van der Waals surface area contributed by atoms with Crippen molar-refractivity contribution in [2.45, 2.75) is 39.4 Å². The van der Waals surface area contributed by atoms with Gasteiger partial charge in [-0.15, -0.1) is 0 Å². The lowest BCUT2D eigenvalue weighted by Gasteiger charge is -2.42. The fraction of sp³-hybridized carbons (Fsp3) is 0.474. The predicted molar refractivity (Wildman–Crippen MR) is 92.8 cm³/mol. The van der Waals surface area contributed by atoms with Crippen LogP contribution in [0.2, 0.25) is 0 Å². The van der Waals surface area contributed by atoms with Crippen LogP contribution in [-0.4, -0.2) is 47.2 Å². The van der Waals surface area contributed by atoms with Crippen LogP contribution in [0, 0.1) is 13.8 Å². The molecular formula is C19H24N2O4. The quantitative estimate of drug-likeness (QED) is 0.853. The molecule has 0 spiro atoms. The van der Waals surface area contributed by atoms with E-state index in [1.54, 1.807) is 18.7 Å². The van der Waals surface area contributed by atoms with E-state index < -0.39 is 5.60 Å². The van der Waals surface area contributed by atoms with Crippen LogP contribution < -0.4 is 4.74 Å². The van der Waals surface area contributed by atoms with Crippen LogP contribution in [0.3, 0.4) is 0 Å². The van der Waals surface area contributed by atoms with Gasteiger partial charge in [0.15, 0.2) is 11.6 Å². The van der Waals surface area contributed by atoms with Gasteiger partial charge in [0.2, 0.25) is 0 Å². The summed E-state index contributed by atoms with van der Waals surface area (Å²) in [6, 6.07) is 9.59. The third-order valence-corrected chi connectivity index (χ3v) is 4.05. The zero-order chi connectivity index (χ0) is 18.0. The molecule has 1 aliphatic heterocycles. The van der Waals surface area contributed by atoms with Crippen LogP contribution in [0.25, 0.3) is 0 Å². The number of amides is 1. The number of carbonyl (C=O) groups excluding carboxylic acids is 1. The first-order chi connectivity index (χ1) is 11.8. The van der Waals surface area contributed by atoms with E-state index in [2.05, 4.69) is 4.98 Å². The molecule has 2 heterocycles. The van der Waals surface area contributed by atoms with E-state index in [1.165, 1.54) is 0 Å². The van der Waals surface area contributed by atoms with Crippen LogP contribution in [-0.2, 0) is 4.74 Å². The topological polar surface area (TPSA) is 64.8 Å². The lowest BCUT2D eigenvalue weighted by molar-refractivity contribution is -0.136. The van der Waals surface area contributed by atoms with E-state index in [1.807, 2.05) is 44.2 Å². The lowest BCUT2D eigenvalue weighted by Crippen LogP contribution is -2.56. The van der Waals surface area contributed by atoms with Gasteiger partial charge >= 0.3 is 0 Å². The van der Waals surface area contributed by atoms with Gasteiger partial charge in [0.25, 0.3) is 5.91 Å². The zero-order valence-electron chi connectivity index (χ0n) is 15.1. The van der Waals surface area contributed by atoms with E-state index in [0.717, 1.165) is 5.75 Å². The molecule has 1 aromatic heterocycles. The van der Waals surface area contributed by atoms with E-state index in [-0.39, 0.29) is 12.0 Å². The van der Waals surface area contributed by atoms with Gasteiger partial charge in [-0.05, 0) is 32.9 Å². The molecule has 2 aromatic rings. The molecule has 1 amide bonds. The second-order valence-corrected chi connectivity index (χ2v) is 6.95. The monoisotopic (exact) mass is 344 g/mol. The molecule has 1 saturated heterocycles. The maximum absolute atomic E-state index is 12.8. The number of hydrogen-bond acceptors (Lipinski definition) is 5. The molecule has 134 valence electrons. The molecular weight excluding hydrogens is 320 g/mol. The number of aromatic nitrogens is 1. The lowest BCUT2D eigenvalue weighted by atomic mass is 10.0. The SMILES string of the molecule is Cc1nc(C(=O)N2CC(COc3ccccc3)OC(C)(C)C2)c(C)o1. The normalized spacial score (nSPS) is 19.7. The number of ether oxygens (including phenoxy) is 2. The van der Waals surface area contributed by atoms with Gasteiger partial charge in [-0.3, -0.25) is 4.79 Å². The second-order valence-electron chi connectivity index (χ2n) is 6.95. The minimum Gasteiger partial charge on any atom is -0.491 e. The Morgan fingerprint density at radius 2 is 2.04 bits per heavy atom. The van der Waals surface area contributed by atoms with Gasteiger partial charge in [-0.2, -0.15) is 0 Å². The van der Waals surface area contributed by atoms with Gasteiger partial charge in [-0.25, -0.2) is 4.98 Å². The maximum atomic E-state index is 12.8. The van der Waals surface area contributed by atoms with Crippen molar-refractivity contribution in [3.8, 4) is 5.75 Å². The van der Waals surface area contributed by atoms with Gasteiger partial charge in [0.1, 0.15) is 24.2 Å². The van der Waals surface area contributed by atoms with Crippen LogP contribution in [0.5, 0.6) is 5.75 Å². The summed E-state index contributed by atoms with van der Waals surface area (Å²) < 4.78 is 17.3. The van der Waals surface area contributed by atoms with Crippen molar-refractivity contribution >= 4 is 5.91 Å². The highest BCUT2D eigenvalue weighted by Crippen LogP contribution is 2.24. The Hall–Kier alpha value is -2.34. The van der Waals surface area contributed by atoms with Crippen molar-refractivity contribution in [3.05, 3.63) is 47.7 Å². The molecule has 1 aromatic carbocycles. The molecule has 6 heteroatoms. The molecule has 1 unspecified atom stereocenters. The zero-order valence-corrected chi connectivity index (χ0v) is 15.1. The summed E-state index contributed by atoms with van der Waals surface area (Å²) in [5.74, 6) is 1.70. The summed E-state index contributed by atoms with van der Waals surface area (Å²) in [4.78, 5) is 18.8. The molecule has 1 aliphatic rings. The number of aryl methyl sites for hydroxylation is 2. The summed E-state index contributed by atoms with van der Waals surface area (Å²) in [5, 5.41) is 0. The average molecular weight is 344 g/mol. The number of para-hydroxylation sites is 1. The summed E-state index contributed by atoms with van der Waals surface area (Å²) >= 11 is 0. The van der Waals surface area contributed by atoms with E-state index >= 15 is 0 Å². The van der Waals surface area contributed by atoms with Crippen molar-refractivity contribution in [2.24, 2.45) is 0 Å². The van der Waals surface area contributed by atoms with E-state index in [9.17, 15) is 4.79 Å². The number of morpholine rings is 1. The third kappa shape index (κ3) is 4.20. The summed E-state index contributed by atoms with van der Waals surface area (Å²) in [6.45, 7) is 8.79. The summed E-state index contributed by atoms with van der Waals surface area (Å²) in [5.41, 5.74) is -0.0800. The number of rotatable bonds is 4. The van der Waals surface area contributed by atoms with Crippen LogP contribution in [0.4, 0.5) is 0 Å². The van der Waals surface area contributed by atoms with Gasteiger partial charge in [-0.1, -0.05) is 18.2 Å². The standard InChI is InChI=1S/C19H24N2O4/c1-13-17(20-14(2)24-13)18(22)21-10-16(25-19(3,4)12-21)11-23-15-8-6-5-7-9-15/h5-9,16H,10-12H2,1-4H3. The molecule has 1 fully saturated rings. The van der Waals surface area contributed by atoms with Crippen molar-refractivity contribution in [1.29, 1.82) is 0 Å². The Balaban J connectivity index is 1.70. The number of benzene rings is 1. The van der Waals surface area contributed by atoms with E-state index in [0.29, 0.717) is 37.0 Å². The summed E-state index contributed by atoms with van der Waals surface area (Å²) in [6.07, 6.45) is -0.207. The molecule has 0 N–H and O–H groups in total. The van der Waals surface area contributed by atoms with Crippen molar-refractivity contribution in [3.63, 3.8) is 0 Å². The van der Waals surface area contributed by atoms with Crippen LogP contribution >= 0.6 is 0 Å². The highest BCUT2D eigenvalue weighted by molar-refractivity contribution is 5.93. The second kappa shape index (κ2) is 6.88. The first-order valence-corrected chi connectivity index (χ1v) is 8.43. The summed E-state index contributed by atoms with van der Waals surface area (Å²) in [7, 11) is 0. The smallest absolute Gasteiger partial charge is 0.276 e. The Morgan fingerprint density at radius 1 is 1.32 bits per heavy atom. The molecule has 0 bridgehead atoms. The first kappa shape index (κ1) is 17.5. The minimum absolute atomic E-state index is 0.129. The molecule has 25 heavy (non-hydrogen) atoms. The van der Waals surface area contributed by atoms with Gasteiger partial charge in [0, 0.05) is 13.5 Å². The van der Waals surface area contributed by atoms with Crippen LogP contribution in [0.15, 0.2) is 34.7 Å². The highest BCUT2D eigenvalue weighted by atomic mass is 16.5. The largest absolute Gasteiger partial charge is 0.491 e. The van der Waals surface area contributed by atoms with Crippen molar-refractivity contribution in [2.75, 3.05) is 19.7 Å². The molecule has 0 saturated carbocycles. The fourth-order valence-electron chi connectivity index (χ4n) is 3.12. The Morgan fingerprint density at radius 3 is 2.68 bits per heavy atom. The molecule has 1 atom stereocenters. The Kier molecular flexibility index (Phi) is 4.81. The maximum Gasteiger partial charge on any atom is 0.276 e. The van der Waals surface area contributed by atoms with Crippen molar-refractivity contribution < 1.29 is 18.7 Å². The number of carbonyl (C=O) groups is 1.